The van der Waals surface area contributed by atoms with E-state index in [1.807, 2.05) is 13.8 Å². The normalized spacial score (nSPS) is 13.1. The third-order valence-corrected chi connectivity index (χ3v) is 6.96. The number of nitrogens with zero attached hydrogens (tertiary/aromatic N) is 2. The number of carbonyl (C=O) groups is 2. The van der Waals surface area contributed by atoms with Gasteiger partial charge in [-0.3, -0.25) is 13.9 Å². The van der Waals surface area contributed by atoms with Gasteiger partial charge in [0.25, 0.3) is 0 Å². The molecule has 0 saturated carbocycles. The molecule has 2 aromatic carbocycles. The van der Waals surface area contributed by atoms with Crippen LogP contribution in [0.2, 0.25) is 10.0 Å². The molecule has 7 nitrogen and oxygen atoms in total. The Morgan fingerprint density at radius 3 is 2.24 bits per heavy atom. The average Bonchev–Trinajstić information content (AvgIpc) is 2.76. The fourth-order valence-corrected chi connectivity index (χ4v) is 4.54. The van der Waals surface area contributed by atoms with Crippen molar-refractivity contribution in [2.45, 2.75) is 45.8 Å². The summed E-state index contributed by atoms with van der Waals surface area (Å²) in [7, 11) is -3.92. The van der Waals surface area contributed by atoms with Gasteiger partial charge in [-0.05, 0) is 56.2 Å². The number of nitrogens with one attached hydrogen (secondary N) is 1. The number of carbonyl (C=O) groups excluding carboxylic acids is 2. The molecule has 0 saturated heterocycles. The molecule has 0 spiro atoms. The van der Waals surface area contributed by atoms with Crippen molar-refractivity contribution in [3.8, 4) is 0 Å². The van der Waals surface area contributed by atoms with Gasteiger partial charge < -0.3 is 10.2 Å². The van der Waals surface area contributed by atoms with Crippen molar-refractivity contribution in [3.05, 3.63) is 63.9 Å². The van der Waals surface area contributed by atoms with Crippen LogP contribution in [0.4, 0.5) is 10.1 Å². The van der Waals surface area contributed by atoms with Gasteiger partial charge in [0, 0.05) is 17.6 Å². The molecular formula is C23H28Cl2FN3O4S. The number of amides is 2. The first-order valence-electron chi connectivity index (χ1n) is 10.6. The summed E-state index contributed by atoms with van der Waals surface area (Å²) in [6.45, 7) is 4.68. The highest BCUT2D eigenvalue weighted by Gasteiger charge is 2.31. The number of hydrogen-bond donors (Lipinski definition) is 1. The van der Waals surface area contributed by atoms with Crippen LogP contribution in [0, 0.1) is 5.82 Å². The molecule has 0 bridgehead atoms. The van der Waals surface area contributed by atoms with E-state index in [2.05, 4.69) is 5.32 Å². The quantitative estimate of drug-likeness (QED) is 0.496. The van der Waals surface area contributed by atoms with Crippen LogP contribution in [-0.2, 0) is 26.2 Å². The van der Waals surface area contributed by atoms with Gasteiger partial charge in [-0.15, -0.1) is 0 Å². The maximum absolute atomic E-state index is 13.4. The monoisotopic (exact) mass is 531 g/mol. The Kier molecular flexibility index (Phi) is 9.73. The van der Waals surface area contributed by atoms with Crippen molar-refractivity contribution < 1.29 is 22.4 Å². The second-order valence-electron chi connectivity index (χ2n) is 8.01. The topological polar surface area (TPSA) is 86.8 Å². The van der Waals surface area contributed by atoms with Crippen LogP contribution in [0.15, 0.2) is 42.5 Å². The molecule has 2 amide bonds. The van der Waals surface area contributed by atoms with E-state index in [0.717, 1.165) is 10.6 Å². The zero-order valence-electron chi connectivity index (χ0n) is 19.4. The number of anilines is 1. The summed E-state index contributed by atoms with van der Waals surface area (Å²) in [5.74, 6) is -1.46. The summed E-state index contributed by atoms with van der Waals surface area (Å²) in [6, 6.07) is 8.70. The maximum atomic E-state index is 13.4. The van der Waals surface area contributed by atoms with Crippen LogP contribution in [0.5, 0.6) is 0 Å². The molecule has 186 valence electrons. The molecule has 0 heterocycles. The third kappa shape index (κ3) is 7.58. The first-order chi connectivity index (χ1) is 15.8. The lowest BCUT2D eigenvalue weighted by Crippen LogP contribution is -2.52. The van der Waals surface area contributed by atoms with Gasteiger partial charge in [-0.2, -0.15) is 0 Å². The van der Waals surface area contributed by atoms with Gasteiger partial charge in [-0.1, -0.05) is 42.3 Å². The molecule has 11 heteroatoms. The molecular weight excluding hydrogens is 504 g/mol. The van der Waals surface area contributed by atoms with E-state index in [1.54, 1.807) is 6.92 Å². The van der Waals surface area contributed by atoms with E-state index in [9.17, 15) is 22.4 Å². The highest BCUT2D eigenvalue weighted by molar-refractivity contribution is 7.92. The summed E-state index contributed by atoms with van der Waals surface area (Å²) < 4.78 is 39.3. The molecule has 2 rings (SSSR count). The fourth-order valence-electron chi connectivity index (χ4n) is 3.11. The summed E-state index contributed by atoms with van der Waals surface area (Å²) in [6.07, 6.45) is 1.65. The minimum atomic E-state index is -3.92. The van der Waals surface area contributed by atoms with Crippen LogP contribution in [-0.4, -0.2) is 50.0 Å². The second-order valence-corrected chi connectivity index (χ2v) is 10.8. The summed E-state index contributed by atoms with van der Waals surface area (Å²) in [4.78, 5) is 27.5. The molecule has 2 atom stereocenters. The van der Waals surface area contributed by atoms with Crippen molar-refractivity contribution >= 4 is 50.7 Å². The number of benzene rings is 2. The number of sulfonamides is 1. The Morgan fingerprint density at radius 2 is 1.71 bits per heavy atom. The molecule has 0 aliphatic heterocycles. The average molecular weight is 532 g/mol. The van der Waals surface area contributed by atoms with Crippen LogP contribution in [0.1, 0.15) is 32.8 Å². The zero-order chi connectivity index (χ0) is 25.6. The van der Waals surface area contributed by atoms with Gasteiger partial charge in [-0.25, -0.2) is 12.8 Å². The lowest BCUT2D eigenvalue weighted by molar-refractivity contribution is -0.139. The Bertz CT molecular complexity index is 1130. The van der Waals surface area contributed by atoms with Crippen LogP contribution < -0.4 is 9.62 Å². The number of hydrogen-bond acceptors (Lipinski definition) is 4. The van der Waals surface area contributed by atoms with Crippen molar-refractivity contribution in [1.29, 1.82) is 0 Å². The van der Waals surface area contributed by atoms with Crippen molar-refractivity contribution in [3.63, 3.8) is 0 Å². The predicted molar refractivity (Wildman–Crippen MR) is 133 cm³/mol. The standard InChI is InChI=1S/C23H28Cl2FN3O4S/c1-5-15(2)27-23(31)16(3)28(13-17-6-9-19(26)10-7-17)22(30)14-29(34(4,32)33)21-11-8-18(24)12-20(21)25/h6-12,15-16H,5,13-14H2,1-4H3,(H,27,31)/t15-,16-/m1/s1. The summed E-state index contributed by atoms with van der Waals surface area (Å²) in [5, 5.41) is 3.19. The van der Waals surface area contributed by atoms with Gasteiger partial charge in [0.1, 0.15) is 18.4 Å². The van der Waals surface area contributed by atoms with Gasteiger partial charge in [0.2, 0.25) is 21.8 Å². The molecule has 0 fully saturated rings. The molecule has 34 heavy (non-hydrogen) atoms. The van der Waals surface area contributed by atoms with Gasteiger partial charge in [0.05, 0.1) is 17.0 Å². The zero-order valence-corrected chi connectivity index (χ0v) is 21.7. The minimum Gasteiger partial charge on any atom is -0.352 e. The Balaban J connectivity index is 2.41. The first kappa shape index (κ1) is 27.9. The Hall–Kier alpha value is -2.36. The minimum absolute atomic E-state index is 0.0276. The highest BCUT2D eigenvalue weighted by Crippen LogP contribution is 2.30. The fraction of sp³-hybridized carbons (Fsp3) is 0.391. The van der Waals surface area contributed by atoms with Crippen molar-refractivity contribution in [2.24, 2.45) is 0 Å². The molecule has 0 aliphatic carbocycles. The smallest absolute Gasteiger partial charge is 0.244 e. The molecule has 0 radical (unpaired) electrons. The lowest BCUT2D eigenvalue weighted by atomic mass is 10.1. The van der Waals surface area contributed by atoms with E-state index in [0.29, 0.717) is 17.0 Å². The third-order valence-electron chi connectivity index (χ3n) is 5.29. The predicted octanol–water partition coefficient (Wildman–Crippen LogP) is 4.23. The molecule has 1 N–H and O–H groups in total. The lowest BCUT2D eigenvalue weighted by Gasteiger charge is -2.32. The van der Waals surface area contributed by atoms with E-state index >= 15 is 0 Å². The van der Waals surface area contributed by atoms with E-state index < -0.39 is 34.3 Å². The summed E-state index contributed by atoms with van der Waals surface area (Å²) >= 11 is 12.1. The van der Waals surface area contributed by atoms with Crippen LogP contribution in [0.3, 0.4) is 0 Å². The Labute approximate surface area is 209 Å². The molecule has 0 aliphatic rings. The first-order valence-corrected chi connectivity index (χ1v) is 13.2. The molecule has 0 unspecified atom stereocenters. The van der Waals surface area contributed by atoms with E-state index in [-0.39, 0.29) is 29.2 Å². The van der Waals surface area contributed by atoms with Crippen molar-refractivity contribution in [2.75, 3.05) is 17.1 Å². The van der Waals surface area contributed by atoms with Gasteiger partial charge >= 0.3 is 0 Å². The van der Waals surface area contributed by atoms with Crippen molar-refractivity contribution in [1.82, 2.24) is 10.2 Å². The SMILES string of the molecule is CC[C@@H](C)NC(=O)[C@@H](C)N(Cc1ccc(F)cc1)C(=O)CN(c1ccc(Cl)cc1Cl)S(C)(=O)=O. The number of halogens is 3. The van der Waals surface area contributed by atoms with Gasteiger partial charge in [0.15, 0.2) is 0 Å². The van der Waals surface area contributed by atoms with Crippen LogP contribution >= 0.6 is 23.2 Å². The summed E-state index contributed by atoms with van der Waals surface area (Å²) in [5.41, 5.74) is 0.661. The number of rotatable bonds is 10. The molecule has 0 aromatic heterocycles. The highest BCUT2D eigenvalue weighted by atomic mass is 35.5. The van der Waals surface area contributed by atoms with E-state index in [4.69, 9.17) is 23.2 Å². The Morgan fingerprint density at radius 1 is 1.09 bits per heavy atom. The largest absolute Gasteiger partial charge is 0.352 e. The maximum Gasteiger partial charge on any atom is 0.244 e. The van der Waals surface area contributed by atoms with Crippen LogP contribution in [0.25, 0.3) is 0 Å². The molecule has 2 aromatic rings. The second kappa shape index (κ2) is 11.9. The van der Waals surface area contributed by atoms with E-state index in [1.165, 1.54) is 47.4 Å².